The highest BCUT2D eigenvalue weighted by atomic mass is 35.5. The summed E-state index contributed by atoms with van der Waals surface area (Å²) in [6.45, 7) is 5.71. The fourth-order valence-electron chi connectivity index (χ4n) is 2.56. The minimum absolute atomic E-state index is 0. The monoisotopic (exact) mass is 401 g/mol. The number of nitrogens with two attached hydrogens (primary N) is 1. The first-order chi connectivity index (χ1) is 10.7. The Balaban J connectivity index is 0.00000288. The molecule has 1 heterocycles. The quantitative estimate of drug-likeness (QED) is 0.845. The van der Waals surface area contributed by atoms with E-state index in [0.717, 1.165) is 12.1 Å². The molecule has 2 N–H and O–H groups in total. The molecule has 2 rings (SSSR count). The molecule has 0 aliphatic carbocycles. The van der Waals surface area contributed by atoms with E-state index in [9.17, 15) is 18.0 Å². The zero-order valence-corrected chi connectivity index (χ0v) is 15.8. The lowest BCUT2D eigenvalue weighted by Crippen LogP contribution is -2.54. The number of carbonyl (C=O) groups is 1. The molecule has 1 atom stereocenters. The average Bonchev–Trinajstić information content (AvgIpc) is 2.53. The molecule has 0 spiro atoms. The summed E-state index contributed by atoms with van der Waals surface area (Å²) in [5, 5.41) is 0. The third-order valence-corrected chi connectivity index (χ3v) is 4.13. The first-order valence-electron chi connectivity index (χ1n) is 7.66. The Bertz CT molecular complexity index is 562. The zero-order chi connectivity index (χ0) is 17.2. The predicted molar refractivity (Wildman–Crippen MR) is 97.5 cm³/mol. The largest absolute Gasteiger partial charge is 0.416 e. The lowest BCUT2D eigenvalue weighted by molar-refractivity contribution is -0.137. The number of benzene rings is 1. The molecule has 4 nitrogen and oxygen atoms in total. The van der Waals surface area contributed by atoms with Gasteiger partial charge in [0, 0.05) is 31.9 Å². The van der Waals surface area contributed by atoms with Crippen molar-refractivity contribution in [2.75, 3.05) is 31.1 Å². The second kappa shape index (κ2) is 9.50. The van der Waals surface area contributed by atoms with Crippen LogP contribution in [0.25, 0.3) is 0 Å². The van der Waals surface area contributed by atoms with E-state index in [1.54, 1.807) is 11.0 Å². The van der Waals surface area contributed by atoms with Crippen molar-refractivity contribution in [1.82, 2.24) is 4.90 Å². The summed E-state index contributed by atoms with van der Waals surface area (Å²) in [6, 6.07) is 4.74. The summed E-state index contributed by atoms with van der Waals surface area (Å²) in [5.41, 5.74) is 5.75. The van der Waals surface area contributed by atoms with E-state index in [1.165, 1.54) is 6.07 Å². The van der Waals surface area contributed by atoms with Crippen LogP contribution in [0.3, 0.4) is 0 Å². The first-order valence-corrected chi connectivity index (χ1v) is 7.66. The van der Waals surface area contributed by atoms with Crippen LogP contribution in [0.5, 0.6) is 0 Å². The topological polar surface area (TPSA) is 49.6 Å². The van der Waals surface area contributed by atoms with E-state index in [-0.39, 0.29) is 36.6 Å². The van der Waals surface area contributed by atoms with Crippen LogP contribution in [-0.4, -0.2) is 43.0 Å². The van der Waals surface area contributed by atoms with Crippen LogP contribution in [-0.2, 0) is 11.0 Å². The van der Waals surface area contributed by atoms with Crippen molar-refractivity contribution in [2.24, 2.45) is 11.7 Å². The molecule has 1 saturated heterocycles. The number of piperazine rings is 1. The maximum atomic E-state index is 12.8. The van der Waals surface area contributed by atoms with Crippen LogP contribution < -0.4 is 10.6 Å². The average molecular weight is 402 g/mol. The Kier molecular flexibility index (Phi) is 9.05. The summed E-state index contributed by atoms with van der Waals surface area (Å²) in [6.07, 6.45) is -4.35. The number of carbonyl (C=O) groups excluding carboxylic acids is 1. The summed E-state index contributed by atoms with van der Waals surface area (Å²) in [7, 11) is 0. The second-order valence-electron chi connectivity index (χ2n) is 6.13. The van der Waals surface area contributed by atoms with Crippen LogP contribution in [0.4, 0.5) is 18.9 Å². The number of halogens is 5. The van der Waals surface area contributed by atoms with Gasteiger partial charge in [-0.25, -0.2) is 0 Å². The van der Waals surface area contributed by atoms with Gasteiger partial charge in [-0.1, -0.05) is 19.9 Å². The van der Waals surface area contributed by atoms with Gasteiger partial charge in [-0.3, -0.25) is 4.79 Å². The number of nitrogens with zero attached hydrogens (tertiary/aromatic N) is 2. The first kappa shape index (κ1) is 23.8. The predicted octanol–water partition coefficient (Wildman–Crippen LogP) is 3.18. The Morgan fingerprint density at radius 3 is 2.16 bits per heavy atom. The Morgan fingerprint density at radius 1 is 1.12 bits per heavy atom. The molecule has 1 aromatic carbocycles. The second-order valence-corrected chi connectivity index (χ2v) is 6.13. The van der Waals surface area contributed by atoms with Gasteiger partial charge in [0.05, 0.1) is 11.6 Å². The molecule has 1 amide bonds. The summed E-state index contributed by atoms with van der Waals surface area (Å²) >= 11 is 0. The van der Waals surface area contributed by atoms with Crippen molar-refractivity contribution in [3.05, 3.63) is 29.8 Å². The minimum atomic E-state index is -4.35. The van der Waals surface area contributed by atoms with E-state index in [2.05, 4.69) is 0 Å². The molecule has 0 saturated carbocycles. The van der Waals surface area contributed by atoms with Gasteiger partial charge in [0.1, 0.15) is 0 Å². The van der Waals surface area contributed by atoms with Crippen molar-refractivity contribution in [1.29, 1.82) is 0 Å². The van der Waals surface area contributed by atoms with Gasteiger partial charge >= 0.3 is 6.18 Å². The molecule has 1 aliphatic rings. The van der Waals surface area contributed by atoms with Gasteiger partial charge in [0.2, 0.25) is 5.91 Å². The van der Waals surface area contributed by atoms with Crippen LogP contribution in [0.1, 0.15) is 19.4 Å². The molecule has 144 valence electrons. The standard InChI is InChI=1S/C16H22F3N3O.2ClH/c1-11(2)14(20)15(23)22-8-6-21(7-9-22)13-5-3-4-12(10-13)16(17,18)19;;/h3-5,10-11,14H,6-9,20H2,1-2H3;2*1H. The summed E-state index contributed by atoms with van der Waals surface area (Å²) < 4.78 is 38.3. The number of alkyl halides is 3. The van der Waals surface area contributed by atoms with Crippen molar-refractivity contribution < 1.29 is 18.0 Å². The SMILES string of the molecule is CC(C)C(N)C(=O)N1CCN(c2cccc(C(F)(F)F)c2)CC1.Cl.Cl. The lowest BCUT2D eigenvalue weighted by Gasteiger charge is -2.37. The molecular formula is C16H24Cl2F3N3O. The lowest BCUT2D eigenvalue weighted by atomic mass is 10.0. The third kappa shape index (κ3) is 5.94. The Hall–Kier alpha value is -1.18. The van der Waals surface area contributed by atoms with Crippen molar-refractivity contribution in [3.8, 4) is 0 Å². The molecule has 0 bridgehead atoms. The molecule has 1 unspecified atom stereocenters. The number of amides is 1. The molecule has 1 aliphatic heterocycles. The van der Waals surface area contributed by atoms with Crippen molar-refractivity contribution >= 4 is 36.4 Å². The highest BCUT2D eigenvalue weighted by molar-refractivity contribution is 5.85. The number of hydrogen-bond donors (Lipinski definition) is 1. The molecule has 1 aromatic rings. The normalized spacial score (nSPS) is 16.1. The Morgan fingerprint density at radius 2 is 1.68 bits per heavy atom. The van der Waals surface area contributed by atoms with E-state index in [1.807, 2.05) is 18.7 Å². The smallest absolute Gasteiger partial charge is 0.368 e. The number of anilines is 1. The van der Waals surface area contributed by atoms with Gasteiger partial charge in [-0.2, -0.15) is 13.2 Å². The number of hydrogen-bond acceptors (Lipinski definition) is 3. The fourth-order valence-corrected chi connectivity index (χ4v) is 2.56. The van der Waals surface area contributed by atoms with Gasteiger partial charge < -0.3 is 15.5 Å². The van der Waals surface area contributed by atoms with Gasteiger partial charge in [0.25, 0.3) is 0 Å². The molecule has 9 heteroatoms. The van der Waals surface area contributed by atoms with E-state index in [4.69, 9.17) is 5.73 Å². The molecule has 0 radical (unpaired) electrons. The zero-order valence-electron chi connectivity index (χ0n) is 14.1. The maximum absolute atomic E-state index is 12.8. The highest BCUT2D eigenvalue weighted by Gasteiger charge is 2.31. The fraction of sp³-hybridized carbons (Fsp3) is 0.562. The van der Waals surface area contributed by atoms with Crippen molar-refractivity contribution in [2.45, 2.75) is 26.1 Å². The van der Waals surface area contributed by atoms with E-state index < -0.39 is 17.8 Å². The minimum Gasteiger partial charge on any atom is -0.368 e. The third-order valence-electron chi connectivity index (χ3n) is 4.13. The number of rotatable bonds is 3. The van der Waals surface area contributed by atoms with Crippen molar-refractivity contribution in [3.63, 3.8) is 0 Å². The molecular weight excluding hydrogens is 378 g/mol. The van der Waals surface area contributed by atoms with Gasteiger partial charge in [-0.05, 0) is 24.1 Å². The maximum Gasteiger partial charge on any atom is 0.416 e. The van der Waals surface area contributed by atoms with E-state index >= 15 is 0 Å². The molecule has 1 fully saturated rings. The molecule has 25 heavy (non-hydrogen) atoms. The summed E-state index contributed by atoms with van der Waals surface area (Å²) in [4.78, 5) is 15.8. The van der Waals surface area contributed by atoms with Gasteiger partial charge in [0.15, 0.2) is 0 Å². The van der Waals surface area contributed by atoms with Crippen LogP contribution in [0, 0.1) is 5.92 Å². The Labute approximate surface area is 158 Å². The van der Waals surface area contributed by atoms with Crippen LogP contribution in [0.2, 0.25) is 0 Å². The summed E-state index contributed by atoms with van der Waals surface area (Å²) in [5.74, 6) is -0.0345. The van der Waals surface area contributed by atoms with Crippen LogP contribution >= 0.6 is 24.8 Å². The highest BCUT2D eigenvalue weighted by Crippen LogP contribution is 2.31. The van der Waals surface area contributed by atoms with E-state index in [0.29, 0.717) is 31.9 Å². The van der Waals surface area contributed by atoms with Crippen LogP contribution in [0.15, 0.2) is 24.3 Å². The molecule has 0 aromatic heterocycles. The van der Waals surface area contributed by atoms with Gasteiger partial charge in [-0.15, -0.1) is 24.8 Å².